The Morgan fingerprint density at radius 1 is 1.07 bits per heavy atom. The van der Waals surface area contributed by atoms with E-state index in [1.807, 2.05) is 6.07 Å². The molecule has 2 N–H and O–H groups in total. The normalized spacial score (nSPS) is 20.9. The van der Waals surface area contributed by atoms with Crippen LogP contribution < -0.4 is 14.9 Å². The van der Waals surface area contributed by atoms with Crippen molar-refractivity contribution in [3.8, 4) is 12.1 Å². The van der Waals surface area contributed by atoms with E-state index in [4.69, 9.17) is 11.6 Å². The van der Waals surface area contributed by atoms with Crippen molar-refractivity contribution in [2.75, 3.05) is 15.4 Å². The summed E-state index contributed by atoms with van der Waals surface area (Å²) in [5, 5.41) is 23.7. The highest BCUT2D eigenvalue weighted by Crippen LogP contribution is 2.48. The van der Waals surface area contributed by atoms with Crippen LogP contribution in [0.2, 0.25) is 5.02 Å². The van der Waals surface area contributed by atoms with Crippen molar-refractivity contribution in [1.82, 2.24) is 10.3 Å². The summed E-state index contributed by atoms with van der Waals surface area (Å²) in [6.45, 7) is 0. The number of nitrogens with zero attached hydrogens (tertiary/aromatic N) is 4. The van der Waals surface area contributed by atoms with Crippen LogP contribution in [0.5, 0.6) is 0 Å². The summed E-state index contributed by atoms with van der Waals surface area (Å²) in [5.74, 6) is -8.75. The molecule has 1 unspecified atom stereocenters. The van der Waals surface area contributed by atoms with Gasteiger partial charge in [0.2, 0.25) is 15.9 Å². The zero-order valence-electron chi connectivity index (χ0n) is 22.6. The van der Waals surface area contributed by atoms with Crippen LogP contribution in [0, 0.1) is 28.5 Å². The SMILES string of the molecule is N#Cc1cc(F)cc(NC(=O)C2([C@@H](C(=O)NC3CC(F)(F)C3)c3ccccc3Cl)CCS(=O)(=O)N2c2cc(C#N)ccn2)c1. The van der Waals surface area contributed by atoms with Gasteiger partial charge in [0.05, 0.1) is 34.9 Å². The molecule has 5 rings (SSSR count). The molecule has 226 valence electrons. The first-order chi connectivity index (χ1) is 20.8. The monoisotopic (exact) mass is 642 g/mol. The predicted octanol–water partition coefficient (Wildman–Crippen LogP) is 4.23. The molecule has 1 aliphatic carbocycles. The Labute approximate surface area is 255 Å². The second-order valence-electron chi connectivity index (χ2n) is 10.5. The van der Waals surface area contributed by atoms with Gasteiger partial charge in [0, 0.05) is 35.8 Å². The van der Waals surface area contributed by atoms with E-state index >= 15 is 0 Å². The molecule has 0 spiro atoms. The molecule has 2 atom stereocenters. The molecule has 2 fully saturated rings. The number of anilines is 2. The van der Waals surface area contributed by atoms with Gasteiger partial charge in [-0.05, 0) is 48.4 Å². The Kier molecular flexibility index (Phi) is 8.01. The van der Waals surface area contributed by atoms with E-state index in [0.29, 0.717) is 4.31 Å². The van der Waals surface area contributed by atoms with Gasteiger partial charge in [0.15, 0.2) is 5.54 Å². The van der Waals surface area contributed by atoms with Gasteiger partial charge in [0.25, 0.3) is 11.8 Å². The number of pyridine rings is 1. The van der Waals surface area contributed by atoms with Crippen LogP contribution in [0.3, 0.4) is 0 Å². The molecule has 1 aliphatic heterocycles. The van der Waals surface area contributed by atoms with E-state index in [2.05, 4.69) is 15.6 Å². The number of nitrogens with one attached hydrogen (secondary N) is 2. The number of benzene rings is 2. The first kappa shape index (κ1) is 30.8. The second kappa shape index (κ2) is 11.4. The Morgan fingerprint density at radius 3 is 2.43 bits per heavy atom. The average molecular weight is 643 g/mol. The van der Waals surface area contributed by atoms with Crippen molar-refractivity contribution in [2.45, 2.75) is 42.7 Å². The number of amides is 2. The zero-order valence-corrected chi connectivity index (χ0v) is 24.2. The molecule has 2 aromatic carbocycles. The fraction of sp³-hybridized carbons (Fsp3) is 0.276. The number of carbonyl (C=O) groups is 2. The highest BCUT2D eigenvalue weighted by Gasteiger charge is 2.63. The molecule has 2 heterocycles. The standard InChI is InChI=1S/C29H22ClF3N6O4S/c30-23-4-2-1-3-22(23)25(26(40)37-21-13-28(32,33)14-21)29(27(41)38-20-10-18(16-35)9-19(31)12-20)6-8-44(42,43)39(29)24-11-17(15-34)5-7-36-24/h1-5,7,9-12,21,25H,6,8,13-14H2,(H,37,40)(H,38,41)/t25-,29?/m1/s1. The van der Waals surface area contributed by atoms with Crippen molar-refractivity contribution in [3.63, 3.8) is 0 Å². The first-order valence-electron chi connectivity index (χ1n) is 13.1. The number of alkyl halides is 2. The summed E-state index contributed by atoms with van der Waals surface area (Å²) >= 11 is 6.53. The number of carbonyl (C=O) groups excluding carboxylic acids is 2. The third-order valence-electron chi connectivity index (χ3n) is 7.53. The van der Waals surface area contributed by atoms with Gasteiger partial charge in [0.1, 0.15) is 11.6 Å². The van der Waals surface area contributed by atoms with E-state index < -0.39 is 76.1 Å². The Bertz CT molecular complexity index is 1850. The van der Waals surface area contributed by atoms with E-state index in [1.165, 1.54) is 30.3 Å². The maximum atomic E-state index is 14.5. The third-order valence-corrected chi connectivity index (χ3v) is 9.67. The lowest BCUT2D eigenvalue weighted by molar-refractivity contribution is -0.135. The molecule has 2 amide bonds. The highest BCUT2D eigenvalue weighted by atomic mass is 35.5. The van der Waals surface area contributed by atoms with Crippen molar-refractivity contribution in [1.29, 1.82) is 10.5 Å². The van der Waals surface area contributed by atoms with Crippen LogP contribution in [0.25, 0.3) is 0 Å². The molecule has 10 nitrogen and oxygen atoms in total. The number of nitriles is 2. The summed E-state index contributed by atoms with van der Waals surface area (Å²) in [7, 11) is -4.44. The molecular formula is C29H22ClF3N6O4S. The number of rotatable bonds is 7. The minimum absolute atomic E-state index is 0.00314. The molecule has 1 aromatic heterocycles. The minimum Gasteiger partial charge on any atom is -0.352 e. The summed E-state index contributed by atoms with van der Waals surface area (Å²) in [5.41, 5.74) is -2.78. The number of aromatic nitrogens is 1. The van der Waals surface area contributed by atoms with Crippen molar-refractivity contribution < 1.29 is 31.2 Å². The zero-order chi connectivity index (χ0) is 31.9. The van der Waals surface area contributed by atoms with E-state index in [0.717, 1.165) is 30.5 Å². The van der Waals surface area contributed by atoms with Gasteiger partial charge in [-0.2, -0.15) is 10.5 Å². The molecule has 0 bridgehead atoms. The molecule has 3 aromatic rings. The lowest BCUT2D eigenvalue weighted by Gasteiger charge is -2.43. The Hall–Kier alpha value is -4.66. The number of sulfonamides is 1. The largest absolute Gasteiger partial charge is 0.352 e. The topological polar surface area (TPSA) is 156 Å². The second-order valence-corrected chi connectivity index (χ2v) is 12.8. The van der Waals surface area contributed by atoms with E-state index in [1.54, 1.807) is 6.07 Å². The number of halogens is 4. The molecule has 15 heteroatoms. The summed E-state index contributed by atoms with van der Waals surface area (Å²) in [4.78, 5) is 32.8. The van der Waals surface area contributed by atoms with Crippen LogP contribution in [-0.2, 0) is 19.6 Å². The van der Waals surface area contributed by atoms with Crippen LogP contribution in [0.4, 0.5) is 24.7 Å². The lowest BCUT2D eigenvalue weighted by atomic mass is 9.74. The van der Waals surface area contributed by atoms with E-state index in [-0.39, 0.29) is 33.2 Å². The Balaban J connectivity index is 1.75. The Morgan fingerprint density at radius 2 is 1.77 bits per heavy atom. The molecule has 44 heavy (non-hydrogen) atoms. The molecule has 1 saturated carbocycles. The molecule has 1 saturated heterocycles. The van der Waals surface area contributed by atoms with Crippen molar-refractivity contribution >= 4 is 44.9 Å². The summed E-state index contributed by atoms with van der Waals surface area (Å²) in [6.07, 6.45) is -0.705. The van der Waals surface area contributed by atoms with E-state index in [9.17, 15) is 41.7 Å². The smallest absolute Gasteiger partial charge is 0.252 e. The number of hydrogen-bond acceptors (Lipinski definition) is 7. The minimum atomic E-state index is -4.44. The first-order valence-corrected chi connectivity index (χ1v) is 15.1. The van der Waals surface area contributed by atoms with Crippen LogP contribution in [0.15, 0.2) is 60.8 Å². The summed E-state index contributed by atoms with van der Waals surface area (Å²) < 4.78 is 69.9. The number of hydrogen-bond donors (Lipinski definition) is 2. The molecule has 0 radical (unpaired) electrons. The molecular weight excluding hydrogens is 621 g/mol. The van der Waals surface area contributed by atoms with Crippen molar-refractivity contribution in [3.05, 3.63) is 88.3 Å². The fourth-order valence-corrected chi connectivity index (χ4v) is 7.77. The quantitative estimate of drug-likeness (QED) is 0.391. The lowest BCUT2D eigenvalue weighted by Crippen LogP contribution is -2.63. The average Bonchev–Trinajstić information content (AvgIpc) is 3.24. The van der Waals surface area contributed by atoms with Crippen LogP contribution in [-0.4, -0.2) is 48.5 Å². The predicted molar refractivity (Wildman–Crippen MR) is 153 cm³/mol. The molecule has 2 aliphatic rings. The van der Waals surface area contributed by atoms with Gasteiger partial charge in [-0.3, -0.25) is 9.59 Å². The highest BCUT2D eigenvalue weighted by molar-refractivity contribution is 7.93. The van der Waals surface area contributed by atoms with Gasteiger partial charge < -0.3 is 10.6 Å². The fourth-order valence-electron chi connectivity index (χ4n) is 5.61. The maximum Gasteiger partial charge on any atom is 0.252 e. The van der Waals surface area contributed by atoms with Gasteiger partial charge >= 0.3 is 0 Å². The van der Waals surface area contributed by atoms with Crippen LogP contribution in [0.1, 0.15) is 41.9 Å². The maximum absolute atomic E-state index is 14.5. The van der Waals surface area contributed by atoms with Gasteiger partial charge in [-0.25, -0.2) is 30.9 Å². The van der Waals surface area contributed by atoms with Crippen molar-refractivity contribution in [2.24, 2.45) is 0 Å². The van der Waals surface area contributed by atoms with Crippen LogP contribution >= 0.6 is 11.6 Å². The van der Waals surface area contributed by atoms with Gasteiger partial charge in [-0.15, -0.1) is 0 Å². The summed E-state index contributed by atoms with van der Waals surface area (Å²) in [6, 6.07) is 13.9. The third kappa shape index (κ3) is 5.66. The van der Waals surface area contributed by atoms with Gasteiger partial charge in [-0.1, -0.05) is 29.8 Å².